The number of amides is 2. The third kappa shape index (κ3) is 4.30. The Morgan fingerprint density at radius 2 is 1.90 bits per heavy atom. The van der Waals surface area contributed by atoms with Gasteiger partial charge in [-0.05, 0) is 17.0 Å². The van der Waals surface area contributed by atoms with Crippen molar-refractivity contribution in [3.05, 3.63) is 63.7 Å². The van der Waals surface area contributed by atoms with E-state index in [1.165, 1.54) is 22.7 Å². The lowest BCUT2D eigenvalue weighted by Gasteiger charge is -2.11. The molecule has 1 aliphatic rings. The summed E-state index contributed by atoms with van der Waals surface area (Å²) < 4.78 is 9.68. The molecule has 0 saturated carbocycles. The van der Waals surface area contributed by atoms with Crippen molar-refractivity contribution >= 4 is 45.6 Å². The molecule has 1 aromatic carbocycles. The molecule has 0 spiro atoms. The molecule has 2 aromatic heterocycles. The van der Waals surface area contributed by atoms with Gasteiger partial charge in [-0.25, -0.2) is 4.79 Å². The van der Waals surface area contributed by atoms with Crippen LogP contribution in [0.25, 0.3) is 11.1 Å². The molecular formula is C20H16N2O5S2. The van der Waals surface area contributed by atoms with E-state index < -0.39 is 12.3 Å². The first kappa shape index (κ1) is 19.2. The quantitative estimate of drug-likeness (QED) is 0.579. The Morgan fingerprint density at radius 3 is 2.59 bits per heavy atom. The molecule has 1 unspecified atom stereocenters. The number of nitrogens with one attached hydrogen (secondary N) is 2. The lowest BCUT2D eigenvalue weighted by Crippen LogP contribution is -2.33. The van der Waals surface area contributed by atoms with Gasteiger partial charge in [0.05, 0.1) is 17.0 Å². The third-order valence-electron chi connectivity index (χ3n) is 4.22. The van der Waals surface area contributed by atoms with Crippen molar-refractivity contribution in [2.75, 3.05) is 18.5 Å². The number of anilines is 1. The molecule has 1 atom stereocenters. The second-order valence-electron chi connectivity index (χ2n) is 6.16. The second kappa shape index (κ2) is 8.46. The van der Waals surface area contributed by atoms with Gasteiger partial charge in [-0.2, -0.15) is 0 Å². The Bertz CT molecular complexity index is 1030. The highest BCUT2D eigenvalue weighted by molar-refractivity contribution is 7.15. The molecular weight excluding hydrogens is 412 g/mol. The summed E-state index contributed by atoms with van der Waals surface area (Å²) >= 11 is 2.61. The number of benzene rings is 1. The number of cyclic esters (lactones) is 2. The van der Waals surface area contributed by atoms with E-state index in [0.717, 1.165) is 5.56 Å². The van der Waals surface area contributed by atoms with E-state index in [9.17, 15) is 14.4 Å². The Balaban J connectivity index is 1.59. The molecule has 1 aliphatic heterocycles. The molecule has 7 nitrogen and oxygen atoms in total. The summed E-state index contributed by atoms with van der Waals surface area (Å²) in [5, 5.41) is 9.72. The van der Waals surface area contributed by atoms with E-state index >= 15 is 0 Å². The number of carbonyl (C=O) groups excluding carboxylic acids is 3. The largest absolute Gasteiger partial charge is 0.508 e. The smallest absolute Gasteiger partial charge is 0.430 e. The number of hydrogen-bond acceptors (Lipinski definition) is 7. The Labute approximate surface area is 174 Å². The van der Waals surface area contributed by atoms with Crippen LogP contribution < -0.4 is 10.6 Å². The average molecular weight is 428 g/mol. The highest BCUT2D eigenvalue weighted by Crippen LogP contribution is 2.36. The SMILES string of the molecule is O=C1OCC(CNC(=O)c2c(-c3ccccc3)csc2NC(=O)c2cccs2)O1. The Morgan fingerprint density at radius 1 is 1.07 bits per heavy atom. The molecule has 1 fully saturated rings. The third-order valence-corrected chi connectivity index (χ3v) is 5.98. The van der Waals surface area contributed by atoms with E-state index in [-0.39, 0.29) is 25.0 Å². The van der Waals surface area contributed by atoms with Crippen molar-refractivity contribution in [3.63, 3.8) is 0 Å². The van der Waals surface area contributed by atoms with Crippen molar-refractivity contribution < 1.29 is 23.9 Å². The second-order valence-corrected chi connectivity index (χ2v) is 7.99. The van der Waals surface area contributed by atoms with Gasteiger partial charge in [0.25, 0.3) is 11.8 Å². The van der Waals surface area contributed by atoms with Crippen molar-refractivity contribution in [2.24, 2.45) is 0 Å². The van der Waals surface area contributed by atoms with Gasteiger partial charge in [-0.1, -0.05) is 36.4 Å². The molecule has 4 rings (SSSR count). The highest BCUT2D eigenvalue weighted by atomic mass is 32.1. The summed E-state index contributed by atoms with van der Waals surface area (Å²) in [6.07, 6.45) is -1.27. The first-order chi connectivity index (χ1) is 14.1. The first-order valence-electron chi connectivity index (χ1n) is 8.75. The highest BCUT2D eigenvalue weighted by Gasteiger charge is 2.27. The average Bonchev–Trinajstić information content (AvgIpc) is 3.48. The zero-order valence-corrected chi connectivity index (χ0v) is 16.7. The normalized spacial score (nSPS) is 15.4. The van der Waals surface area contributed by atoms with E-state index in [2.05, 4.69) is 10.6 Å². The molecule has 29 heavy (non-hydrogen) atoms. The van der Waals surface area contributed by atoms with Gasteiger partial charge in [0.2, 0.25) is 0 Å². The van der Waals surface area contributed by atoms with E-state index in [1.54, 1.807) is 12.1 Å². The van der Waals surface area contributed by atoms with Gasteiger partial charge in [0, 0.05) is 10.9 Å². The van der Waals surface area contributed by atoms with Crippen LogP contribution >= 0.6 is 22.7 Å². The maximum Gasteiger partial charge on any atom is 0.508 e. The minimum atomic E-state index is -0.742. The zero-order valence-electron chi connectivity index (χ0n) is 15.0. The summed E-state index contributed by atoms with van der Waals surface area (Å²) in [6.45, 7) is 0.212. The summed E-state index contributed by atoms with van der Waals surface area (Å²) in [5.74, 6) is -0.636. The molecule has 2 N–H and O–H groups in total. The van der Waals surface area contributed by atoms with Gasteiger partial charge in [-0.3, -0.25) is 9.59 Å². The minimum Gasteiger partial charge on any atom is -0.430 e. The molecule has 3 aromatic rings. The Kier molecular flexibility index (Phi) is 5.59. The van der Waals surface area contributed by atoms with E-state index in [1.807, 2.05) is 41.1 Å². The van der Waals surface area contributed by atoms with Crippen LogP contribution in [0.2, 0.25) is 0 Å². The van der Waals surface area contributed by atoms with Crippen LogP contribution in [0.15, 0.2) is 53.2 Å². The maximum absolute atomic E-state index is 13.0. The van der Waals surface area contributed by atoms with Gasteiger partial charge in [-0.15, -0.1) is 22.7 Å². The van der Waals surface area contributed by atoms with Crippen molar-refractivity contribution in [2.45, 2.75) is 6.10 Å². The number of thiophene rings is 2. The van der Waals surface area contributed by atoms with Crippen LogP contribution in [-0.4, -0.2) is 37.2 Å². The number of ether oxygens (including phenoxy) is 2. The lowest BCUT2D eigenvalue weighted by atomic mass is 10.0. The summed E-state index contributed by atoms with van der Waals surface area (Å²) in [6, 6.07) is 13.0. The maximum atomic E-state index is 13.0. The topological polar surface area (TPSA) is 93.7 Å². The predicted octanol–water partition coefficient (Wildman–Crippen LogP) is 3.99. The lowest BCUT2D eigenvalue weighted by molar-refractivity contribution is 0.0912. The van der Waals surface area contributed by atoms with Gasteiger partial charge in [0.1, 0.15) is 11.6 Å². The molecule has 3 heterocycles. The van der Waals surface area contributed by atoms with Crippen LogP contribution in [-0.2, 0) is 9.47 Å². The Hall–Kier alpha value is -3.17. The predicted molar refractivity (Wildman–Crippen MR) is 111 cm³/mol. The van der Waals surface area contributed by atoms with E-state index in [0.29, 0.717) is 21.0 Å². The zero-order chi connectivity index (χ0) is 20.2. The van der Waals surface area contributed by atoms with Crippen LogP contribution in [0.5, 0.6) is 0 Å². The monoisotopic (exact) mass is 428 g/mol. The molecule has 0 radical (unpaired) electrons. The summed E-state index contributed by atoms with van der Waals surface area (Å²) in [5.41, 5.74) is 1.95. The van der Waals surface area contributed by atoms with Gasteiger partial charge >= 0.3 is 6.16 Å². The number of rotatable bonds is 6. The molecule has 1 saturated heterocycles. The fraction of sp³-hybridized carbons (Fsp3) is 0.150. The fourth-order valence-corrected chi connectivity index (χ4v) is 4.42. The van der Waals surface area contributed by atoms with E-state index in [4.69, 9.17) is 9.47 Å². The van der Waals surface area contributed by atoms with Crippen LogP contribution in [0.3, 0.4) is 0 Å². The van der Waals surface area contributed by atoms with Crippen molar-refractivity contribution in [3.8, 4) is 11.1 Å². The van der Waals surface area contributed by atoms with Crippen LogP contribution in [0, 0.1) is 0 Å². The van der Waals surface area contributed by atoms with Crippen LogP contribution in [0.1, 0.15) is 20.0 Å². The van der Waals surface area contributed by atoms with Gasteiger partial charge < -0.3 is 20.1 Å². The summed E-state index contributed by atoms with van der Waals surface area (Å²) in [7, 11) is 0. The fourth-order valence-electron chi connectivity index (χ4n) is 2.84. The minimum absolute atomic E-state index is 0.0935. The molecule has 9 heteroatoms. The molecule has 2 amide bonds. The van der Waals surface area contributed by atoms with Gasteiger partial charge in [0.15, 0.2) is 6.10 Å². The molecule has 0 aliphatic carbocycles. The van der Waals surface area contributed by atoms with Crippen molar-refractivity contribution in [1.29, 1.82) is 0 Å². The summed E-state index contributed by atoms with van der Waals surface area (Å²) in [4.78, 5) is 37.1. The number of hydrogen-bond donors (Lipinski definition) is 2. The molecule has 0 bridgehead atoms. The first-order valence-corrected chi connectivity index (χ1v) is 10.5. The standard InChI is InChI=1S/C20H16N2O5S2/c23-17(15-7-4-8-28-15)22-19-16(14(11-29-19)12-5-2-1-3-6-12)18(24)21-9-13-10-26-20(25)27-13/h1-8,11,13H,9-10H2,(H,21,24)(H,22,23). The molecule has 148 valence electrons. The van der Waals surface area contributed by atoms with Crippen LogP contribution in [0.4, 0.5) is 9.80 Å². The number of carbonyl (C=O) groups is 3. The van der Waals surface area contributed by atoms with Crippen molar-refractivity contribution in [1.82, 2.24) is 5.32 Å².